The number of carbonyl (C=O) groups is 2. The van der Waals surface area contributed by atoms with Crippen LogP contribution in [0, 0.1) is 5.92 Å². The van der Waals surface area contributed by atoms with Crippen LogP contribution in [0.5, 0.6) is 0 Å². The lowest BCUT2D eigenvalue weighted by Crippen LogP contribution is -2.53. The van der Waals surface area contributed by atoms with Gasteiger partial charge in [0, 0.05) is 4.47 Å². The summed E-state index contributed by atoms with van der Waals surface area (Å²) >= 11 is 3.45. The summed E-state index contributed by atoms with van der Waals surface area (Å²) in [4.78, 5) is 26.6. The second-order valence-electron chi connectivity index (χ2n) is 6.92. The first-order chi connectivity index (χ1) is 12.5. The Labute approximate surface area is 159 Å². The zero-order valence-corrected chi connectivity index (χ0v) is 16.0. The number of nitrogens with zero attached hydrogens (tertiary/aromatic N) is 3. The van der Waals surface area contributed by atoms with Crippen molar-refractivity contribution in [3.05, 3.63) is 34.6 Å². The van der Waals surface area contributed by atoms with Gasteiger partial charge in [0.05, 0.1) is 5.56 Å². The van der Waals surface area contributed by atoms with Gasteiger partial charge in [-0.25, -0.2) is 4.79 Å². The van der Waals surface area contributed by atoms with E-state index >= 15 is 0 Å². The maximum Gasteiger partial charge on any atom is 0.325 e. The fraction of sp³-hybridized carbons (Fsp3) is 0.444. The third-order valence-corrected chi connectivity index (χ3v) is 6.06. The Kier molecular flexibility index (Phi) is 4.30. The zero-order chi connectivity index (χ0) is 18.3. The Bertz CT molecular complexity index is 868. The van der Waals surface area contributed by atoms with Crippen molar-refractivity contribution < 1.29 is 14.0 Å². The predicted octanol–water partition coefficient (Wildman–Crippen LogP) is 3.50. The molecule has 1 aromatic heterocycles. The van der Waals surface area contributed by atoms with Crippen LogP contribution in [-0.4, -0.2) is 32.6 Å². The van der Waals surface area contributed by atoms with E-state index in [4.69, 9.17) is 4.42 Å². The number of urea groups is 1. The molecule has 7 nitrogen and oxygen atoms in total. The summed E-state index contributed by atoms with van der Waals surface area (Å²) in [6.07, 6.45) is 3.65. The highest BCUT2D eigenvalue weighted by Crippen LogP contribution is 2.38. The van der Waals surface area contributed by atoms with Gasteiger partial charge in [0.15, 0.2) is 0 Å². The molecule has 8 heteroatoms. The van der Waals surface area contributed by atoms with E-state index in [1.165, 1.54) is 4.90 Å². The average Bonchev–Trinajstić information content (AvgIpc) is 3.18. The van der Waals surface area contributed by atoms with E-state index in [-0.39, 0.29) is 30.3 Å². The first-order valence-corrected chi connectivity index (χ1v) is 9.52. The summed E-state index contributed by atoms with van der Waals surface area (Å²) in [6.45, 7) is 2.01. The lowest BCUT2D eigenvalue weighted by atomic mass is 9.73. The number of imide groups is 1. The van der Waals surface area contributed by atoms with Crippen LogP contribution in [0.2, 0.25) is 0 Å². The van der Waals surface area contributed by atoms with Gasteiger partial charge < -0.3 is 9.73 Å². The number of rotatable bonds is 3. The number of halogens is 1. The second-order valence-corrected chi connectivity index (χ2v) is 7.77. The van der Waals surface area contributed by atoms with Crippen LogP contribution >= 0.6 is 15.9 Å². The van der Waals surface area contributed by atoms with Gasteiger partial charge >= 0.3 is 6.03 Å². The molecule has 136 valence electrons. The van der Waals surface area contributed by atoms with Crippen LogP contribution in [0.3, 0.4) is 0 Å². The monoisotopic (exact) mass is 418 g/mol. The van der Waals surface area contributed by atoms with E-state index in [0.717, 1.165) is 29.3 Å². The average molecular weight is 419 g/mol. The lowest BCUT2D eigenvalue weighted by Gasteiger charge is -2.36. The summed E-state index contributed by atoms with van der Waals surface area (Å²) < 4.78 is 6.52. The highest BCUT2D eigenvalue weighted by Gasteiger charge is 2.55. The molecule has 4 rings (SSSR count). The number of aromatic nitrogens is 2. The molecule has 1 saturated heterocycles. The topological polar surface area (TPSA) is 88.3 Å². The van der Waals surface area contributed by atoms with Gasteiger partial charge in [-0.05, 0) is 46.8 Å². The van der Waals surface area contributed by atoms with E-state index < -0.39 is 5.54 Å². The second kappa shape index (κ2) is 6.50. The molecule has 1 N–H and O–H groups in total. The van der Waals surface area contributed by atoms with Crippen LogP contribution < -0.4 is 5.32 Å². The highest BCUT2D eigenvalue weighted by atomic mass is 79.9. The molecule has 26 heavy (non-hydrogen) atoms. The Morgan fingerprint density at radius 2 is 2.12 bits per heavy atom. The maximum absolute atomic E-state index is 13.0. The van der Waals surface area contributed by atoms with Crippen LogP contribution in [0.1, 0.15) is 38.5 Å². The van der Waals surface area contributed by atoms with Crippen LogP contribution in [-0.2, 0) is 11.3 Å². The highest BCUT2D eigenvalue weighted by molar-refractivity contribution is 9.10. The van der Waals surface area contributed by atoms with Crippen molar-refractivity contribution in [3.63, 3.8) is 0 Å². The summed E-state index contributed by atoms with van der Waals surface area (Å²) in [5, 5.41) is 11.0. The molecule has 2 heterocycles. The maximum atomic E-state index is 13.0. The Morgan fingerprint density at radius 1 is 1.31 bits per heavy atom. The molecule has 1 saturated carbocycles. The molecule has 2 aromatic rings. The molecular formula is C18H19BrN4O3. The van der Waals surface area contributed by atoms with Crippen molar-refractivity contribution in [1.82, 2.24) is 20.4 Å². The van der Waals surface area contributed by atoms with Crippen molar-refractivity contribution in [2.75, 3.05) is 0 Å². The van der Waals surface area contributed by atoms with Crippen molar-refractivity contribution in [1.29, 1.82) is 0 Å². The van der Waals surface area contributed by atoms with Gasteiger partial charge in [0.2, 0.25) is 11.8 Å². The molecule has 0 bridgehead atoms. The van der Waals surface area contributed by atoms with Crippen LogP contribution in [0.25, 0.3) is 11.5 Å². The fourth-order valence-electron chi connectivity index (χ4n) is 3.84. The van der Waals surface area contributed by atoms with Crippen molar-refractivity contribution in [3.8, 4) is 11.5 Å². The van der Waals surface area contributed by atoms with E-state index in [9.17, 15) is 9.59 Å². The molecule has 2 fully saturated rings. The van der Waals surface area contributed by atoms with Gasteiger partial charge in [-0.15, -0.1) is 10.2 Å². The molecule has 1 aromatic carbocycles. The van der Waals surface area contributed by atoms with E-state index in [1.54, 1.807) is 0 Å². The quantitative estimate of drug-likeness (QED) is 0.770. The number of hydrogen-bond donors (Lipinski definition) is 1. The molecule has 0 radical (unpaired) electrons. The summed E-state index contributed by atoms with van der Waals surface area (Å²) in [5.74, 6) is 0.520. The summed E-state index contributed by atoms with van der Waals surface area (Å²) in [6, 6.07) is 7.11. The largest absolute Gasteiger partial charge is 0.419 e. The number of nitrogens with one attached hydrogen (secondary N) is 1. The Balaban J connectivity index is 1.56. The van der Waals surface area contributed by atoms with E-state index in [2.05, 4.69) is 31.4 Å². The van der Waals surface area contributed by atoms with Gasteiger partial charge in [0.25, 0.3) is 5.91 Å². The molecule has 2 atom stereocenters. The number of benzene rings is 1. The van der Waals surface area contributed by atoms with Gasteiger partial charge in [-0.1, -0.05) is 31.9 Å². The smallest absolute Gasteiger partial charge is 0.325 e. The normalized spacial score (nSPS) is 25.8. The summed E-state index contributed by atoms with van der Waals surface area (Å²) in [7, 11) is 0. The number of hydrogen-bond acceptors (Lipinski definition) is 5. The van der Waals surface area contributed by atoms with Gasteiger partial charge in [0.1, 0.15) is 12.1 Å². The van der Waals surface area contributed by atoms with Crippen LogP contribution in [0.4, 0.5) is 4.79 Å². The standard InChI is InChI=1S/C18H19BrN4O3/c1-11-6-4-5-9-18(11)16(24)23(17(25)20-18)10-14-21-22-15(26-14)12-7-2-3-8-13(12)19/h2-3,7-8,11H,4-6,9-10H2,1H3,(H,20,25)/t11-,18+/m1/s1. The first kappa shape index (κ1) is 17.2. The first-order valence-electron chi connectivity index (χ1n) is 8.72. The molecule has 1 aliphatic heterocycles. The third kappa shape index (κ3) is 2.72. The third-order valence-electron chi connectivity index (χ3n) is 5.37. The Hall–Kier alpha value is -2.22. The van der Waals surface area contributed by atoms with Crippen molar-refractivity contribution >= 4 is 27.9 Å². The summed E-state index contributed by atoms with van der Waals surface area (Å²) in [5.41, 5.74) is -0.0125. The minimum Gasteiger partial charge on any atom is -0.419 e. The molecular weight excluding hydrogens is 400 g/mol. The predicted molar refractivity (Wildman–Crippen MR) is 96.9 cm³/mol. The molecule has 1 spiro atoms. The number of amides is 3. The Morgan fingerprint density at radius 3 is 2.88 bits per heavy atom. The zero-order valence-electron chi connectivity index (χ0n) is 14.4. The molecule has 3 amide bonds. The SMILES string of the molecule is C[C@@H]1CCCC[C@]12NC(=O)N(Cc1nnc(-c3ccccc3Br)o1)C2=O. The van der Waals surface area contributed by atoms with Crippen molar-refractivity contribution in [2.24, 2.45) is 5.92 Å². The fourth-order valence-corrected chi connectivity index (χ4v) is 4.29. The van der Waals surface area contributed by atoms with E-state index in [0.29, 0.717) is 12.3 Å². The lowest BCUT2D eigenvalue weighted by molar-refractivity contribution is -0.134. The van der Waals surface area contributed by atoms with Crippen molar-refractivity contribution in [2.45, 2.75) is 44.7 Å². The molecule has 2 aliphatic rings. The van der Waals surface area contributed by atoms with E-state index in [1.807, 2.05) is 31.2 Å². The number of carbonyl (C=O) groups excluding carboxylic acids is 2. The van der Waals surface area contributed by atoms with Crippen LogP contribution in [0.15, 0.2) is 33.2 Å². The van der Waals surface area contributed by atoms with Gasteiger partial charge in [-0.2, -0.15) is 0 Å². The molecule has 0 unspecified atom stereocenters. The minimum absolute atomic E-state index is 0.0173. The van der Waals surface area contributed by atoms with Gasteiger partial charge in [-0.3, -0.25) is 9.69 Å². The molecule has 1 aliphatic carbocycles. The minimum atomic E-state index is -0.777.